The van der Waals surface area contributed by atoms with E-state index in [-0.39, 0.29) is 12.7 Å². The predicted octanol–water partition coefficient (Wildman–Crippen LogP) is 2.09. The summed E-state index contributed by atoms with van der Waals surface area (Å²) in [6, 6.07) is 8.14. The number of aryl methyl sites for hydroxylation is 1. The molecule has 1 unspecified atom stereocenters. The normalized spacial score (nSPS) is 12.8. The van der Waals surface area contributed by atoms with E-state index in [4.69, 9.17) is 5.73 Å². The smallest absolute Gasteiger partial charge is 0.0934 e. The maximum absolute atomic E-state index is 12.0. The second-order valence-corrected chi connectivity index (χ2v) is 3.44. The van der Waals surface area contributed by atoms with Crippen molar-refractivity contribution in [1.29, 1.82) is 0 Å². The van der Waals surface area contributed by atoms with Gasteiger partial charge in [0, 0.05) is 12.5 Å². The minimum Gasteiger partial charge on any atom is -0.328 e. The monoisotopic (exact) mass is 181 g/mol. The van der Waals surface area contributed by atoms with Crippen molar-refractivity contribution in [1.82, 2.24) is 0 Å². The third kappa shape index (κ3) is 3.55. The quantitative estimate of drug-likeness (QED) is 0.756. The van der Waals surface area contributed by atoms with Crippen LogP contribution < -0.4 is 5.73 Å². The molecule has 2 heteroatoms. The van der Waals surface area contributed by atoms with E-state index in [9.17, 15) is 4.39 Å². The first-order valence-electron chi connectivity index (χ1n) is 4.61. The fourth-order valence-corrected chi connectivity index (χ4v) is 1.39. The third-order valence-corrected chi connectivity index (χ3v) is 1.93. The van der Waals surface area contributed by atoms with Crippen molar-refractivity contribution < 1.29 is 4.39 Å². The van der Waals surface area contributed by atoms with Gasteiger partial charge < -0.3 is 5.73 Å². The van der Waals surface area contributed by atoms with Crippen molar-refractivity contribution in [3.63, 3.8) is 0 Å². The fourth-order valence-electron chi connectivity index (χ4n) is 1.39. The Labute approximate surface area is 78.8 Å². The van der Waals surface area contributed by atoms with Crippen molar-refractivity contribution in [3.8, 4) is 0 Å². The average molecular weight is 181 g/mol. The van der Waals surface area contributed by atoms with E-state index in [1.54, 1.807) is 0 Å². The van der Waals surface area contributed by atoms with Gasteiger partial charge in [0.1, 0.15) is 0 Å². The molecule has 1 atom stereocenters. The van der Waals surface area contributed by atoms with Gasteiger partial charge in [-0.15, -0.1) is 0 Å². The molecule has 0 aliphatic rings. The van der Waals surface area contributed by atoms with E-state index in [2.05, 4.69) is 0 Å². The Bertz CT molecular complexity index is 258. The van der Waals surface area contributed by atoms with Crippen LogP contribution in [0.4, 0.5) is 4.39 Å². The summed E-state index contributed by atoms with van der Waals surface area (Å²) in [6.45, 7) is 1.68. The van der Waals surface area contributed by atoms with E-state index >= 15 is 0 Å². The molecule has 0 spiro atoms. The Morgan fingerprint density at radius 2 is 2.08 bits per heavy atom. The highest BCUT2D eigenvalue weighted by molar-refractivity contribution is 5.24. The Morgan fingerprint density at radius 1 is 1.38 bits per heavy atom. The van der Waals surface area contributed by atoms with Crippen LogP contribution in [0.2, 0.25) is 0 Å². The van der Waals surface area contributed by atoms with Crippen LogP contribution in [-0.2, 0) is 12.8 Å². The summed E-state index contributed by atoms with van der Waals surface area (Å²) in [7, 11) is 0. The van der Waals surface area contributed by atoms with Crippen molar-refractivity contribution in [2.75, 3.05) is 6.67 Å². The van der Waals surface area contributed by atoms with Gasteiger partial charge in [-0.3, -0.25) is 4.39 Å². The second-order valence-electron chi connectivity index (χ2n) is 3.44. The molecule has 0 bridgehead atoms. The molecule has 0 radical (unpaired) electrons. The van der Waals surface area contributed by atoms with Crippen LogP contribution in [0.15, 0.2) is 24.3 Å². The van der Waals surface area contributed by atoms with Crippen LogP contribution in [0.1, 0.15) is 18.1 Å². The molecule has 2 N–H and O–H groups in total. The minimum absolute atomic E-state index is 0.167. The van der Waals surface area contributed by atoms with Crippen LogP contribution in [-0.4, -0.2) is 12.7 Å². The Hall–Kier alpha value is -0.890. The standard InChI is InChI=1S/C11H16FN/c1-9(13)7-11-4-2-3-10(8-11)5-6-12/h2-4,8-9H,5-7,13H2,1H3. The molecule has 1 aromatic rings. The van der Waals surface area contributed by atoms with Crippen LogP contribution in [0.5, 0.6) is 0 Å². The topological polar surface area (TPSA) is 26.0 Å². The first-order valence-corrected chi connectivity index (χ1v) is 4.61. The lowest BCUT2D eigenvalue weighted by Crippen LogP contribution is -2.17. The molecule has 0 aromatic heterocycles. The van der Waals surface area contributed by atoms with E-state index in [1.165, 1.54) is 5.56 Å². The lowest BCUT2D eigenvalue weighted by atomic mass is 10.0. The van der Waals surface area contributed by atoms with E-state index < -0.39 is 0 Å². The van der Waals surface area contributed by atoms with Crippen LogP contribution in [0.3, 0.4) is 0 Å². The summed E-state index contributed by atoms with van der Waals surface area (Å²) in [5.41, 5.74) is 7.93. The number of alkyl halides is 1. The molecular formula is C11H16FN. The predicted molar refractivity (Wildman–Crippen MR) is 53.5 cm³/mol. The van der Waals surface area contributed by atoms with Crippen LogP contribution in [0.25, 0.3) is 0 Å². The van der Waals surface area contributed by atoms with Crippen molar-refractivity contribution in [2.24, 2.45) is 5.73 Å². The molecule has 1 aromatic carbocycles. The summed E-state index contributed by atoms with van der Waals surface area (Å²) in [4.78, 5) is 0. The summed E-state index contributed by atoms with van der Waals surface area (Å²) < 4.78 is 12.0. The van der Waals surface area contributed by atoms with Gasteiger partial charge in [-0.1, -0.05) is 24.3 Å². The molecule has 0 fully saturated rings. The summed E-state index contributed by atoms with van der Waals surface area (Å²) in [5.74, 6) is 0. The van der Waals surface area contributed by atoms with Gasteiger partial charge in [-0.05, 0) is 24.5 Å². The van der Waals surface area contributed by atoms with Gasteiger partial charge in [-0.2, -0.15) is 0 Å². The first-order chi connectivity index (χ1) is 6.22. The molecule has 0 aliphatic carbocycles. The number of nitrogens with two attached hydrogens (primary N) is 1. The van der Waals surface area contributed by atoms with Gasteiger partial charge in [0.05, 0.1) is 6.67 Å². The highest BCUT2D eigenvalue weighted by atomic mass is 19.1. The second kappa shape index (κ2) is 4.97. The fraction of sp³-hybridized carbons (Fsp3) is 0.455. The van der Waals surface area contributed by atoms with E-state index in [0.29, 0.717) is 6.42 Å². The molecule has 1 nitrogen and oxygen atoms in total. The zero-order valence-corrected chi connectivity index (χ0v) is 7.96. The zero-order chi connectivity index (χ0) is 9.68. The number of rotatable bonds is 4. The van der Waals surface area contributed by atoms with Crippen molar-refractivity contribution >= 4 is 0 Å². The highest BCUT2D eigenvalue weighted by Gasteiger charge is 1.99. The van der Waals surface area contributed by atoms with Gasteiger partial charge >= 0.3 is 0 Å². The van der Waals surface area contributed by atoms with Crippen molar-refractivity contribution in [2.45, 2.75) is 25.8 Å². The van der Waals surface area contributed by atoms with Crippen molar-refractivity contribution in [3.05, 3.63) is 35.4 Å². The molecule has 13 heavy (non-hydrogen) atoms. The molecule has 0 saturated carbocycles. The molecule has 1 rings (SSSR count). The van der Waals surface area contributed by atoms with Gasteiger partial charge in [0.15, 0.2) is 0 Å². The van der Waals surface area contributed by atoms with E-state index in [1.807, 2.05) is 31.2 Å². The summed E-state index contributed by atoms with van der Waals surface area (Å²) in [6.07, 6.45) is 1.37. The lowest BCUT2D eigenvalue weighted by molar-refractivity contribution is 0.495. The lowest BCUT2D eigenvalue weighted by Gasteiger charge is -2.06. The summed E-state index contributed by atoms with van der Waals surface area (Å²) in [5, 5.41) is 0. The Morgan fingerprint density at radius 3 is 2.69 bits per heavy atom. The number of halogens is 1. The first kappa shape index (κ1) is 10.2. The maximum atomic E-state index is 12.0. The summed E-state index contributed by atoms with van der Waals surface area (Å²) >= 11 is 0. The number of hydrogen-bond donors (Lipinski definition) is 1. The number of benzene rings is 1. The third-order valence-electron chi connectivity index (χ3n) is 1.93. The Balaban J connectivity index is 2.67. The van der Waals surface area contributed by atoms with Gasteiger partial charge in [-0.25, -0.2) is 0 Å². The largest absolute Gasteiger partial charge is 0.328 e. The average Bonchev–Trinajstić information content (AvgIpc) is 2.04. The zero-order valence-electron chi connectivity index (χ0n) is 7.96. The SMILES string of the molecule is CC(N)Cc1cccc(CCF)c1. The van der Waals surface area contributed by atoms with Crippen LogP contribution >= 0.6 is 0 Å². The van der Waals surface area contributed by atoms with Gasteiger partial charge in [0.25, 0.3) is 0 Å². The molecular weight excluding hydrogens is 165 g/mol. The Kier molecular flexibility index (Phi) is 3.90. The molecule has 0 aliphatic heterocycles. The minimum atomic E-state index is -0.290. The number of hydrogen-bond acceptors (Lipinski definition) is 1. The van der Waals surface area contributed by atoms with Crippen LogP contribution in [0, 0.1) is 0 Å². The van der Waals surface area contributed by atoms with Gasteiger partial charge in [0.2, 0.25) is 0 Å². The highest BCUT2D eigenvalue weighted by Crippen LogP contribution is 2.07. The molecule has 0 heterocycles. The van der Waals surface area contributed by atoms with E-state index in [0.717, 1.165) is 12.0 Å². The molecule has 0 saturated heterocycles. The maximum Gasteiger partial charge on any atom is 0.0934 e. The molecule has 0 amide bonds. The molecule has 72 valence electrons.